The molecule has 0 saturated heterocycles. The fraction of sp³-hybridized carbons (Fsp3) is 0. The molecular weight excluding hydrogens is 417 g/mol. The summed E-state index contributed by atoms with van der Waals surface area (Å²) in [5, 5.41) is 8.91. The molecule has 0 aliphatic carbocycles. The van der Waals surface area contributed by atoms with E-state index in [4.69, 9.17) is 5.73 Å². The fourth-order valence-electron chi connectivity index (χ4n) is 2.27. The van der Waals surface area contributed by atoms with Gasteiger partial charge in [-0.3, -0.25) is 4.55 Å². The molecule has 0 bridgehead atoms. The molecule has 0 aliphatic heterocycles. The molecule has 124 valence electrons. The molecule has 3 aromatic rings. The number of anilines is 1. The largest absolute Gasteiger partial charge is 1.00 e. The molecule has 0 aliphatic rings. The maximum atomic E-state index is 11.7. The van der Waals surface area contributed by atoms with Gasteiger partial charge in [-0.05, 0) is 30.3 Å². The standard InChI is InChI=1S/C16H12BrN3O3S.Na.H/c17-10-5-7-11(8-6-10)19-20-14-9-15(24(21,22)23)12-3-1-2-4-13(12)16(14)18;;/h1-9H,18H2,(H,21,22,23);;/q;+1;-1. The van der Waals surface area contributed by atoms with E-state index >= 15 is 0 Å². The molecule has 0 spiro atoms. The summed E-state index contributed by atoms with van der Waals surface area (Å²) in [5.74, 6) is 0. The monoisotopic (exact) mass is 429 g/mol. The predicted molar refractivity (Wildman–Crippen MR) is 97.6 cm³/mol. The maximum absolute atomic E-state index is 11.7. The average molecular weight is 430 g/mol. The van der Waals surface area contributed by atoms with Crippen LogP contribution in [-0.4, -0.2) is 13.0 Å². The molecule has 9 heteroatoms. The number of hydrogen-bond acceptors (Lipinski definition) is 5. The van der Waals surface area contributed by atoms with Gasteiger partial charge in [0.15, 0.2) is 0 Å². The van der Waals surface area contributed by atoms with Gasteiger partial charge in [0.2, 0.25) is 0 Å². The van der Waals surface area contributed by atoms with Crippen LogP contribution in [0.25, 0.3) is 10.8 Å². The molecule has 0 radical (unpaired) electrons. The maximum Gasteiger partial charge on any atom is 1.00 e. The van der Waals surface area contributed by atoms with Crippen molar-refractivity contribution in [3.8, 4) is 0 Å². The molecular formula is C16H13BrN3NaO3S. The summed E-state index contributed by atoms with van der Waals surface area (Å²) in [5.41, 5.74) is 7.13. The van der Waals surface area contributed by atoms with E-state index in [0.717, 1.165) is 4.47 Å². The van der Waals surface area contributed by atoms with Crippen LogP contribution in [0, 0.1) is 0 Å². The number of azo groups is 1. The van der Waals surface area contributed by atoms with Crippen LogP contribution < -0.4 is 35.3 Å². The summed E-state index contributed by atoms with van der Waals surface area (Å²) in [4.78, 5) is -0.253. The summed E-state index contributed by atoms with van der Waals surface area (Å²) < 4.78 is 33.7. The van der Waals surface area contributed by atoms with E-state index in [-0.39, 0.29) is 41.6 Å². The summed E-state index contributed by atoms with van der Waals surface area (Å²) >= 11 is 3.32. The summed E-state index contributed by atoms with van der Waals surface area (Å²) in [6.45, 7) is 0. The van der Waals surface area contributed by atoms with Gasteiger partial charge in [0.05, 0.1) is 11.4 Å². The van der Waals surface area contributed by atoms with Crippen LogP contribution in [0.3, 0.4) is 0 Å². The van der Waals surface area contributed by atoms with Crippen molar-refractivity contribution < 1.29 is 44.0 Å². The van der Waals surface area contributed by atoms with Crippen molar-refractivity contribution in [2.75, 3.05) is 5.73 Å². The van der Waals surface area contributed by atoms with Crippen molar-refractivity contribution in [2.24, 2.45) is 10.2 Å². The van der Waals surface area contributed by atoms with E-state index in [2.05, 4.69) is 26.2 Å². The van der Waals surface area contributed by atoms with Crippen molar-refractivity contribution in [3.05, 3.63) is 59.1 Å². The second-order valence-corrected chi connectivity index (χ2v) is 7.31. The van der Waals surface area contributed by atoms with E-state index in [0.29, 0.717) is 22.1 Å². The zero-order valence-electron chi connectivity index (χ0n) is 14.2. The molecule has 0 unspecified atom stereocenters. The van der Waals surface area contributed by atoms with Crippen molar-refractivity contribution in [3.63, 3.8) is 0 Å². The molecule has 25 heavy (non-hydrogen) atoms. The number of benzene rings is 3. The second kappa shape index (κ2) is 7.94. The molecule has 6 nitrogen and oxygen atoms in total. The van der Waals surface area contributed by atoms with Crippen LogP contribution >= 0.6 is 15.9 Å². The zero-order chi connectivity index (χ0) is 17.3. The van der Waals surface area contributed by atoms with Crippen LogP contribution in [0.4, 0.5) is 17.1 Å². The normalized spacial score (nSPS) is 11.6. The van der Waals surface area contributed by atoms with Crippen molar-refractivity contribution in [2.45, 2.75) is 4.90 Å². The molecule has 0 heterocycles. The number of halogens is 1. The quantitative estimate of drug-likeness (QED) is 0.287. The van der Waals surface area contributed by atoms with Crippen LogP contribution in [0.5, 0.6) is 0 Å². The summed E-state index contributed by atoms with van der Waals surface area (Å²) in [6, 6.07) is 15.0. The Bertz CT molecular complexity index is 1060. The van der Waals surface area contributed by atoms with Gasteiger partial charge in [0.25, 0.3) is 10.1 Å². The number of hydrogen-bond donors (Lipinski definition) is 2. The fourth-order valence-corrected chi connectivity index (χ4v) is 3.25. The number of fused-ring (bicyclic) bond motifs is 1. The number of nitrogens with two attached hydrogens (primary N) is 1. The van der Waals surface area contributed by atoms with Gasteiger partial charge in [-0.1, -0.05) is 40.2 Å². The Hall–Kier alpha value is -1.29. The molecule has 3 N–H and O–H groups in total. The van der Waals surface area contributed by atoms with Crippen LogP contribution in [0.1, 0.15) is 1.43 Å². The molecule has 0 amide bonds. The second-order valence-electron chi connectivity index (χ2n) is 5.00. The van der Waals surface area contributed by atoms with Crippen LogP contribution in [-0.2, 0) is 10.1 Å². The Morgan fingerprint density at radius 3 is 2.20 bits per heavy atom. The number of rotatable bonds is 3. The molecule has 0 aromatic heterocycles. The number of nitrogens with zero attached hydrogens (tertiary/aromatic N) is 2. The van der Waals surface area contributed by atoms with Crippen molar-refractivity contribution in [1.29, 1.82) is 0 Å². The van der Waals surface area contributed by atoms with Gasteiger partial charge in [0, 0.05) is 15.2 Å². The minimum absolute atomic E-state index is 0. The minimum atomic E-state index is -4.42. The van der Waals surface area contributed by atoms with Crippen molar-refractivity contribution >= 4 is 53.9 Å². The average Bonchev–Trinajstić information content (AvgIpc) is 2.55. The Balaban J connectivity index is 0.00000169. The van der Waals surface area contributed by atoms with Gasteiger partial charge < -0.3 is 7.16 Å². The first kappa shape index (κ1) is 20.0. The zero-order valence-corrected chi connectivity index (χ0v) is 17.6. The van der Waals surface area contributed by atoms with Gasteiger partial charge in [-0.25, -0.2) is 0 Å². The molecule has 0 saturated carbocycles. The van der Waals surface area contributed by atoms with E-state index < -0.39 is 10.1 Å². The summed E-state index contributed by atoms with van der Waals surface area (Å²) in [6.07, 6.45) is 0. The van der Waals surface area contributed by atoms with Crippen LogP contribution in [0.15, 0.2) is 74.2 Å². The first-order valence-corrected chi connectivity index (χ1v) is 9.05. The molecule has 0 atom stereocenters. The van der Waals surface area contributed by atoms with Crippen LogP contribution in [0.2, 0.25) is 0 Å². The van der Waals surface area contributed by atoms with E-state index in [9.17, 15) is 13.0 Å². The van der Waals surface area contributed by atoms with Crippen molar-refractivity contribution in [1.82, 2.24) is 0 Å². The Morgan fingerprint density at radius 2 is 1.60 bits per heavy atom. The molecule has 3 aromatic carbocycles. The van der Waals surface area contributed by atoms with E-state index in [1.807, 2.05) is 12.1 Å². The van der Waals surface area contributed by atoms with E-state index in [1.165, 1.54) is 6.07 Å². The van der Waals surface area contributed by atoms with Gasteiger partial charge in [-0.2, -0.15) is 13.5 Å². The third kappa shape index (κ3) is 4.46. The SMILES string of the molecule is Nc1c(N=Nc2ccc(Br)cc2)cc(S(=O)(=O)O)c2ccccc12.[H-].[Na+]. The minimum Gasteiger partial charge on any atom is -1.00 e. The molecule has 0 fully saturated rings. The first-order valence-electron chi connectivity index (χ1n) is 6.82. The predicted octanol–water partition coefficient (Wildman–Crippen LogP) is 1.96. The van der Waals surface area contributed by atoms with E-state index in [1.54, 1.807) is 36.4 Å². The molecule has 3 rings (SSSR count). The van der Waals surface area contributed by atoms with Gasteiger partial charge in [0.1, 0.15) is 10.6 Å². The number of nitrogen functional groups attached to an aromatic ring is 1. The van der Waals surface area contributed by atoms with Gasteiger partial charge >= 0.3 is 29.6 Å². The Morgan fingerprint density at radius 1 is 1.00 bits per heavy atom. The third-order valence-corrected chi connectivity index (χ3v) is 4.83. The van der Waals surface area contributed by atoms with Gasteiger partial charge in [-0.15, -0.1) is 5.11 Å². The Labute approximate surface area is 176 Å². The Kier molecular flexibility index (Phi) is 6.36. The topological polar surface area (TPSA) is 105 Å². The summed E-state index contributed by atoms with van der Waals surface area (Å²) in [7, 11) is -4.42. The smallest absolute Gasteiger partial charge is 1.00 e. The third-order valence-electron chi connectivity index (χ3n) is 3.40. The first-order chi connectivity index (χ1) is 11.4.